The molecule has 1 saturated heterocycles. The molecule has 2 unspecified atom stereocenters. The lowest BCUT2D eigenvalue weighted by molar-refractivity contribution is -0.118. The molecule has 1 aliphatic carbocycles. The second-order valence-electron chi connectivity index (χ2n) is 10.7. The van der Waals surface area contributed by atoms with Gasteiger partial charge in [-0.1, -0.05) is 33.6 Å². The molecule has 0 radical (unpaired) electrons. The summed E-state index contributed by atoms with van der Waals surface area (Å²) in [6.45, 7) is 9.83. The van der Waals surface area contributed by atoms with Crippen molar-refractivity contribution in [1.82, 2.24) is 15.6 Å². The monoisotopic (exact) mass is 482 g/mol. The maximum Gasteiger partial charge on any atom is 0.268 e. The highest BCUT2D eigenvalue weighted by molar-refractivity contribution is 6.01. The van der Waals surface area contributed by atoms with Crippen LogP contribution in [-0.4, -0.2) is 47.1 Å². The average molecular weight is 483 g/mol. The molecule has 190 valence electrons. The zero-order valence-electron chi connectivity index (χ0n) is 21.2. The van der Waals surface area contributed by atoms with Crippen LogP contribution in [0.5, 0.6) is 5.75 Å². The van der Waals surface area contributed by atoms with Crippen LogP contribution in [0.3, 0.4) is 0 Å². The highest BCUT2D eigenvalue weighted by Crippen LogP contribution is 2.42. The van der Waals surface area contributed by atoms with Gasteiger partial charge in [-0.05, 0) is 61.4 Å². The molecular weight excluding hydrogens is 444 g/mol. The topological polar surface area (TPSA) is 115 Å². The standard InChI is InChI=1S/C27H38N4O4/c1-5-6-7-20(25(33)29-17-8-10-18(11-9-17)35-19-14-28-15-19)31-26(34)24-16(2)23-21(30-24)12-27(3,4)13-22(23)32/h8-11,19-20,22,28,30,32H,5-7,12-15H2,1-4H3,(H,29,33)(H,31,34). The summed E-state index contributed by atoms with van der Waals surface area (Å²) in [6, 6.07) is 6.63. The van der Waals surface area contributed by atoms with E-state index >= 15 is 0 Å². The quantitative estimate of drug-likeness (QED) is 0.375. The summed E-state index contributed by atoms with van der Waals surface area (Å²) in [5, 5.41) is 19.7. The van der Waals surface area contributed by atoms with Crippen molar-refractivity contribution in [2.24, 2.45) is 5.41 Å². The number of fused-ring (bicyclic) bond motifs is 1. The van der Waals surface area contributed by atoms with Gasteiger partial charge in [0.25, 0.3) is 5.91 Å². The van der Waals surface area contributed by atoms with E-state index in [1.165, 1.54) is 0 Å². The van der Waals surface area contributed by atoms with Crippen LogP contribution in [0.2, 0.25) is 0 Å². The molecule has 2 atom stereocenters. The molecule has 8 nitrogen and oxygen atoms in total. The molecular formula is C27H38N4O4. The Morgan fingerprint density at radius 3 is 2.57 bits per heavy atom. The van der Waals surface area contributed by atoms with Crippen LogP contribution in [-0.2, 0) is 11.2 Å². The first kappa shape index (κ1) is 25.3. The predicted octanol–water partition coefficient (Wildman–Crippen LogP) is 3.61. The van der Waals surface area contributed by atoms with Crippen molar-refractivity contribution in [2.75, 3.05) is 18.4 Å². The van der Waals surface area contributed by atoms with Crippen molar-refractivity contribution in [3.05, 3.63) is 46.8 Å². The van der Waals surface area contributed by atoms with E-state index in [4.69, 9.17) is 4.74 Å². The summed E-state index contributed by atoms with van der Waals surface area (Å²) in [6.07, 6.45) is 3.29. The molecule has 0 bridgehead atoms. The molecule has 1 fully saturated rings. The summed E-state index contributed by atoms with van der Waals surface area (Å²) in [5.41, 5.74) is 3.52. The van der Waals surface area contributed by atoms with Crippen molar-refractivity contribution < 1.29 is 19.4 Å². The fourth-order valence-electron chi connectivity index (χ4n) is 4.96. The number of H-pyrrole nitrogens is 1. The Morgan fingerprint density at radius 2 is 1.94 bits per heavy atom. The maximum absolute atomic E-state index is 13.2. The molecule has 0 saturated carbocycles. The minimum atomic E-state index is -0.666. The summed E-state index contributed by atoms with van der Waals surface area (Å²) < 4.78 is 5.83. The van der Waals surface area contributed by atoms with Crippen LogP contribution in [0.15, 0.2) is 24.3 Å². The summed E-state index contributed by atoms with van der Waals surface area (Å²) in [7, 11) is 0. The Labute approximate surface area is 207 Å². The van der Waals surface area contributed by atoms with E-state index in [2.05, 4.69) is 41.7 Å². The number of nitrogens with one attached hydrogen (secondary N) is 4. The Hall–Kier alpha value is -2.84. The van der Waals surface area contributed by atoms with Crippen LogP contribution >= 0.6 is 0 Å². The molecule has 5 N–H and O–H groups in total. The minimum absolute atomic E-state index is 0.0453. The van der Waals surface area contributed by atoms with Crippen molar-refractivity contribution in [2.45, 2.75) is 78.0 Å². The Balaban J connectivity index is 1.44. The number of aliphatic hydroxyl groups is 1. The second-order valence-corrected chi connectivity index (χ2v) is 10.7. The van der Waals surface area contributed by atoms with E-state index in [9.17, 15) is 14.7 Å². The first-order valence-corrected chi connectivity index (χ1v) is 12.7. The zero-order valence-corrected chi connectivity index (χ0v) is 21.2. The number of benzene rings is 1. The van der Waals surface area contributed by atoms with Gasteiger partial charge in [0.05, 0.1) is 6.10 Å². The molecule has 4 rings (SSSR count). The molecule has 0 spiro atoms. The van der Waals surface area contributed by atoms with Crippen molar-refractivity contribution >= 4 is 17.5 Å². The number of hydrogen-bond acceptors (Lipinski definition) is 5. The number of aromatic nitrogens is 1. The van der Waals surface area contributed by atoms with Crippen LogP contribution in [0.25, 0.3) is 0 Å². The Kier molecular flexibility index (Phi) is 7.52. The van der Waals surface area contributed by atoms with Crippen LogP contribution < -0.4 is 20.7 Å². The molecule has 2 heterocycles. The first-order valence-electron chi connectivity index (χ1n) is 12.7. The van der Waals surface area contributed by atoms with E-state index in [1.807, 2.05) is 31.2 Å². The maximum atomic E-state index is 13.2. The van der Waals surface area contributed by atoms with E-state index in [0.29, 0.717) is 24.2 Å². The predicted molar refractivity (Wildman–Crippen MR) is 136 cm³/mol. The van der Waals surface area contributed by atoms with Crippen molar-refractivity contribution in [3.8, 4) is 5.75 Å². The molecule has 2 aromatic rings. The minimum Gasteiger partial charge on any atom is -0.488 e. The summed E-state index contributed by atoms with van der Waals surface area (Å²) in [5.74, 6) is 0.191. The number of ether oxygens (including phenoxy) is 1. The Morgan fingerprint density at radius 1 is 1.23 bits per heavy atom. The van der Waals surface area contributed by atoms with Gasteiger partial charge < -0.3 is 30.8 Å². The summed E-state index contributed by atoms with van der Waals surface area (Å²) >= 11 is 0. The summed E-state index contributed by atoms with van der Waals surface area (Å²) in [4.78, 5) is 29.6. The zero-order chi connectivity index (χ0) is 25.2. The van der Waals surface area contributed by atoms with Crippen molar-refractivity contribution in [1.29, 1.82) is 0 Å². The second kappa shape index (κ2) is 10.4. The molecule has 8 heteroatoms. The number of hydrogen-bond donors (Lipinski definition) is 5. The van der Waals surface area contributed by atoms with Crippen LogP contribution in [0, 0.1) is 12.3 Å². The van der Waals surface area contributed by atoms with Gasteiger partial charge in [-0.25, -0.2) is 0 Å². The number of unbranched alkanes of at least 4 members (excludes halogenated alkanes) is 1. The van der Waals surface area contributed by atoms with Crippen LogP contribution in [0.1, 0.15) is 79.9 Å². The normalized spacial score (nSPS) is 19.9. The number of rotatable bonds is 9. The van der Waals surface area contributed by atoms with Gasteiger partial charge in [-0.2, -0.15) is 0 Å². The molecule has 2 amide bonds. The lowest BCUT2D eigenvalue weighted by Crippen LogP contribution is -2.50. The van der Waals surface area contributed by atoms with Gasteiger partial charge in [0, 0.05) is 30.0 Å². The average Bonchev–Trinajstić information content (AvgIpc) is 3.09. The number of anilines is 1. The third-order valence-electron chi connectivity index (χ3n) is 6.98. The fourth-order valence-corrected chi connectivity index (χ4v) is 4.96. The molecule has 2 aliphatic rings. The Bertz CT molecular complexity index is 1060. The van der Waals surface area contributed by atoms with Gasteiger partial charge in [-0.15, -0.1) is 0 Å². The van der Waals surface area contributed by atoms with Gasteiger partial charge in [0.15, 0.2) is 0 Å². The third kappa shape index (κ3) is 5.87. The SMILES string of the molecule is CCCCC(NC(=O)c1[nH]c2c(c1C)C(O)CC(C)(C)C2)C(=O)Nc1ccc(OC2CNC2)cc1. The van der Waals surface area contributed by atoms with E-state index in [-0.39, 0.29) is 23.3 Å². The number of aromatic amines is 1. The number of carbonyl (C=O) groups is 2. The molecule has 1 aromatic heterocycles. The third-order valence-corrected chi connectivity index (χ3v) is 6.98. The fraction of sp³-hybridized carbons (Fsp3) is 0.556. The van der Waals surface area contributed by atoms with Gasteiger partial charge in [-0.3, -0.25) is 9.59 Å². The van der Waals surface area contributed by atoms with Crippen LogP contribution in [0.4, 0.5) is 5.69 Å². The lowest BCUT2D eigenvalue weighted by atomic mass is 9.75. The smallest absolute Gasteiger partial charge is 0.268 e. The van der Waals surface area contributed by atoms with Crippen molar-refractivity contribution in [3.63, 3.8) is 0 Å². The van der Waals surface area contributed by atoms with E-state index in [0.717, 1.165) is 54.9 Å². The number of amides is 2. The number of aliphatic hydroxyl groups excluding tert-OH is 1. The number of carbonyl (C=O) groups excluding carboxylic acids is 2. The lowest BCUT2D eigenvalue weighted by Gasteiger charge is -2.33. The molecule has 1 aromatic carbocycles. The van der Waals surface area contributed by atoms with E-state index in [1.54, 1.807) is 0 Å². The molecule has 35 heavy (non-hydrogen) atoms. The van der Waals surface area contributed by atoms with Gasteiger partial charge in [0.1, 0.15) is 23.6 Å². The first-order chi connectivity index (χ1) is 16.7. The highest BCUT2D eigenvalue weighted by Gasteiger charge is 2.36. The van der Waals surface area contributed by atoms with Gasteiger partial charge >= 0.3 is 0 Å². The molecule has 1 aliphatic heterocycles. The van der Waals surface area contributed by atoms with E-state index < -0.39 is 12.1 Å². The largest absolute Gasteiger partial charge is 0.488 e. The van der Waals surface area contributed by atoms with Gasteiger partial charge in [0.2, 0.25) is 5.91 Å². The highest BCUT2D eigenvalue weighted by atomic mass is 16.5.